The third-order valence-corrected chi connectivity index (χ3v) is 4.72. The number of anilines is 2. The Morgan fingerprint density at radius 1 is 1.19 bits per heavy atom. The second kappa shape index (κ2) is 7.15. The number of rotatable bonds is 9. The first kappa shape index (κ1) is 16.1. The highest BCUT2D eigenvalue weighted by molar-refractivity contribution is 8.00. The van der Waals surface area contributed by atoms with Crippen LogP contribution in [0.4, 0.5) is 11.9 Å². The average Bonchev–Trinajstić information content (AvgIpc) is 3.23. The van der Waals surface area contributed by atoms with Crippen molar-refractivity contribution in [3.63, 3.8) is 0 Å². The molecule has 0 aromatic carbocycles. The van der Waals surface area contributed by atoms with Crippen molar-refractivity contribution < 1.29 is 4.74 Å². The third-order valence-electron chi connectivity index (χ3n) is 3.30. The number of thioether (sulfide) groups is 1. The summed E-state index contributed by atoms with van der Waals surface area (Å²) >= 11 is 1.91. The zero-order valence-corrected chi connectivity index (χ0v) is 14.1. The van der Waals surface area contributed by atoms with Gasteiger partial charge in [-0.25, -0.2) is 0 Å². The summed E-state index contributed by atoms with van der Waals surface area (Å²) in [5, 5.41) is 6.51. The van der Waals surface area contributed by atoms with Crippen LogP contribution in [0, 0.1) is 0 Å². The van der Waals surface area contributed by atoms with Crippen LogP contribution in [0.2, 0.25) is 0 Å². The van der Waals surface area contributed by atoms with E-state index in [1.54, 1.807) is 0 Å². The standard InChI is InChI=1S/C14H25N5OS/c1-5-8-15-11-17-12(16-9-14(21-4)6-7-14)19-13(18-11)20-10(2)3/h10H,5-9H2,1-4H3,(H2,15,16,17,18,19). The molecule has 0 radical (unpaired) electrons. The molecule has 1 aliphatic carbocycles. The van der Waals surface area contributed by atoms with Crippen molar-refractivity contribution in [2.45, 2.75) is 50.9 Å². The van der Waals surface area contributed by atoms with Gasteiger partial charge in [0.05, 0.1) is 6.10 Å². The fourth-order valence-electron chi connectivity index (χ4n) is 1.85. The van der Waals surface area contributed by atoms with Gasteiger partial charge in [-0.3, -0.25) is 0 Å². The first-order valence-electron chi connectivity index (χ1n) is 7.52. The highest BCUT2D eigenvalue weighted by atomic mass is 32.2. The van der Waals surface area contributed by atoms with Crippen molar-refractivity contribution in [3.05, 3.63) is 0 Å². The molecule has 1 aromatic heterocycles. The van der Waals surface area contributed by atoms with E-state index in [0.29, 0.717) is 22.7 Å². The summed E-state index contributed by atoms with van der Waals surface area (Å²) in [6, 6.07) is 0.370. The van der Waals surface area contributed by atoms with E-state index in [1.165, 1.54) is 12.8 Å². The summed E-state index contributed by atoms with van der Waals surface area (Å²) in [5.74, 6) is 1.15. The smallest absolute Gasteiger partial charge is 0.323 e. The van der Waals surface area contributed by atoms with Crippen molar-refractivity contribution in [2.75, 3.05) is 30.0 Å². The number of nitrogens with zero attached hydrogens (tertiary/aromatic N) is 3. The molecular formula is C14H25N5OS. The quantitative estimate of drug-likeness (QED) is 0.726. The van der Waals surface area contributed by atoms with E-state index in [0.717, 1.165) is 19.5 Å². The number of hydrogen-bond acceptors (Lipinski definition) is 7. The lowest BCUT2D eigenvalue weighted by Gasteiger charge is -2.15. The Labute approximate surface area is 130 Å². The zero-order valence-electron chi connectivity index (χ0n) is 13.3. The monoisotopic (exact) mass is 311 g/mol. The molecule has 1 saturated carbocycles. The van der Waals surface area contributed by atoms with E-state index in [9.17, 15) is 0 Å². The molecule has 1 heterocycles. The van der Waals surface area contributed by atoms with Crippen molar-refractivity contribution in [2.24, 2.45) is 0 Å². The number of aromatic nitrogens is 3. The van der Waals surface area contributed by atoms with Gasteiger partial charge < -0.3 is 15.4 Å². The van der Waals surface area contributed by atoms with Crippen LogP contribution in [0.1, 0.15) is 40.0 Å². The van der Waals surface area contributed by atoms with Crippen LogP contribution in [0.3, 0.4) is 0 Å². The fourth-order valence-corrected chi connectivity index (χ4v) is 2.57. The minimum Gasteiger partial charge on any atom is -0.461 e. The predicted octanol–water partition coefficient (Wildman–Crippen LogP) is 2.79. The highest BCUT2D eigenvalue weighted by Gasteiger charge is 2.41. The number of hydrogen-bond donors (Lipinski definition) is 2. The molecular weight excluding hydrogens is 286 g/mol. The Kier molecular flexibility index (Phi) is 5.50. The van der Waals surface area contributed by atoms with E-state index in [-0.39, 0.29) is 6.10 Å². The summed E-state index contributed by atoms with van der Waals surface area (Å²) in [4.78, 5) is 13.0. The Morgan fingerprint density at radius 2 is 1.86 bits per heavy atom. The summed E-state index contributed by atoms with van der Waals surface area (Å²) < 4.78 is 5.97. The Bertz CT molecular complexity index is 465. The SMILES string of the molecule is CCCNc1nc(NCC2(SC)CC2)nc(OC(C)C)n1. The maximum Gasteiger partial charge on any atom is 0.323 e. The van der Waals surface area contributed by atoms with Gasteiger partial charge in [0.25, 0.3) is 0 Å². The Morgan fingerprint density at radius 3 is 2.38 bits per heavy atom. The maximum atomic E-state index is 5.60. The zero-order chi connectivity index (χ0) is 15.3. The van der Waals surface area contributed by atoms with Crippen LogP contribution in [-0.2, 0) is 0 Å². The van der Waals surface area contributed by atoms with Gasteiger partial charge in [-0.15, -0.1) is 0 Å². The van der Waals surface area contributed by atoms with Gasteiger partial charge in [-0.05, 0) is 39.4 Å². The van der Waals surface area contributed by atoms with Crippen molar-refractivity contribution in [3.8, 4) is 6.01 Å². The molecule has 2 rings (SSSR count). The van der Waals surface area contributed by atoms with Crippen molar-refractivity contribution >= 4 is 23.7 Å². The summed E-state index contributed by atoms with van der Waals surface area (Å²) in [6.45, 7) is 7.74. The fraction of sp³-hybridized carbons (Fsp3) is 0.786. The molecule has 21 heavy (non-hydrogen) atoms. The second-order valence-electron chi connectivity index (χ2n) is 5.60. The third kappa shape index (κ3) is 4.91. The van der Waals surface area contributed by atoms with Crippen LogP contribution < -0.4 is 15.4 Å². The molecule has 1 aromatic rings. The van der Waals surface area contributed by atoms with Gasteiger partial charge >= 0.3 is 6.01 Å². The van der Waals surface area contributed by atoms with Gasteiger partial charge in [0, 0.05) is 17.8 Å². The van der Waals surface area contributed by atoms with Gasteiger partial charge in [0.15, 0.2) is 0 Å². The summed E-state index contributed by atoms with van der Waals surface area (Å²) in [5.41, 5.74) is 0. The molecule has 0 unspecified atom stereocenters. The van der Waals surface area contributed by atoms with E-state index in [2.05, 4.69) is 38.8 Å². The molecule has 0 amide bonds. The van der Waals surface area contributed by atoms with Crippen LogP contribution in [0.25, 0.3) is 0 Å². The number of ether oxygens (including phenoxy) is 1. The molecule has 118 valence electrons. The van der Waals surface area contributed by atoms with Gasteiger partial charge in [0.1, 0.15) is 0 Å². The van der Waals surface area contributed by atoms with Crippen molar-refractivity contribution in [1.29, 1.82) is 0 Å². The minimum atomic E-state index is 0.0419. The molecule has 2 N–H and O–H groups in total. The number of nitrogens with one attached hydrogen (secondary N) is 2. The molecule has 7 heteroatoms. The largest absolute Gasteiger partial charge is 0.461 e. The molecule has 1 aliphatic rings. The maximum absolute atomic E-state index is 5.60. The lowest BCUT2D eigenvalue weighted by molar-refractivity contribution is 0.222. The van der Waals surface area contributed by atoms with E-state index in [4.69, 9.17) is 4.74 Å². The van der Waals surface area contributed by atoms with Gasteiger partial charge in [0.2, 0.25) is 11.9 Å². The highest BCUT2D eigenvalue weighted by Crippen LogP contribution is 2.46. The molecule has 0 atom stereocenters. The Balaban J connectivity index is 2.06. The minimum absolute atomic E-state index is 0.0419. The van der Waals surface area contributed by atoms with Gasteiger partial charge in [-0.2, -0.15) is 26.7 Å². The first-order chi connectivity index (χ1) is 10.1. The normalized spacial score (nSPS) is 15.9. The van der Waals surface area contributed by atoms with Crippen molar-refractivity contribution in [1.82, 2.24) is 15.0 Å². The van der Waals surface area contributed by atoms with E-state index < -0.39 is 0 Å². The van der Waals surface area contributed by atoms with Crippen LogP contribution in [0.5, 0.6) is 6.01 Å². The van der Waals surface area contributed by atoms with E-state index >= 15 is 0 Å². The topological polar surface area (TPSA) is 72.0 Å². The summed E-state index contributed by atoms with van der Waals surface area (Å²) in [7, 11) is 0. The van der Waals surface area contributed by atoms with Crippen LogP contribution in [-0.4, -0.2) is 45.1 Å². The lowest BCUT2D eigenvalue weighted by Crippen LogP contribution is -2.20. The molecule has 6 nitrogen and oxygen atoms in total. The lowest BCUT2D eigenvalue weighted by atomic mass is 10.4. The summed E-state index contributed by atoms with van der Waals surface area (Å²) in [6.07, 6.45) is 5.72. The predicted molar refractivity (Wildman–Crippen MR) is 88.3 cm³/mol. The van der Waals surface area contributed by atoms with Crippen LogP contribution in [0.15, 0.2) is 0 Å². The first-order valence-corrected chi connectivity index (χ1v) is 8.75. The molecule has 0 spiro atoms. The van der Waals surface area contributed by atoms with Crippen LogP contribution >= 0.6 is 11.8 Å². The van der Waals surface area contributed by atoms with Gasteiger partial charge in [-0.1, -0.05) is 6.92 Å². The van der Waals surface area contributed by atoms with E-state index in [1.807, 2.05) is 25.6 Å². The molecule has 0 bridgehead atoms. The Hall–Kier alpha value is -1.24. The molecule has 0 aliphatic heterocycles. The second-order valence-corrected chi connectivity index (χ2v) is 6.87. The average molecular weight is 311 g/mol. The molecule has 0 saturated heterocycles. The molecule has 1 fully saturated rings.